The molecule has 4 nitrogen and oxygen atoms in total. The zero-order valence-corrected chi connectivity index (χ0v) is 12.2. The van der Waals surface area contributed by atoms with Crippen molar-refractivity contribution in [2.45, 2.75) is 38.1 Å². The Hall–Kier alpha value is -1.71. The number of ether oxygens (including phenoxy) is 1. The Labute approximate surface area is 121 Å². The summed E-state index contributed by atoms with van der Waals surface area (Å²) in [6, 6.07) is 10.0. The van der Waals surface area contributed by atoms with E-state index in [9.17, 15) is 4.79 Å². The van der Waals surface area contributed by atoms with Gasteiger partial charge < -0.3 is 15.0 Å². The molecule has 1 N–H and O–H groups in total. The highest BCUT2D eigenvalue weighted by Crippen LogP contribution is 2.17. The van der Waals surface area contributed by atoms with Crippen molar-refractivity contribution in [3.05, 3.63) is 30.3 Å². The van der Waals surface area contributed by atoms with Gasteiger partial charge in [-0.1, -0.05) is 37.5 Å². The highest BCUT2D eigenvalue weighted by Gasteiger charge is 2.17. The molecule has 1 aliphatic rings. The molecule has 0 saturated heterocycles. The van der Waals surface area contributed by atoms with Crippen LogP contribution in [-0.2, 0) is 0 Å². The first-order chi connectivity index (χ1) is 9.75. The number of urea groups is 1. The van der Waals surface area contributed by atoms with E-state index in [-0.39, 0.29) is 6.03 Å². The first-order valence-corrected chi connectivity index (χ1v) is 7.45. The standard InChI is InChI=1S/C16H24N2O2/c1-18(12-13-20-15-10-6-3-7-11-15)16(19)17-14-8-4-2-5-9-14/h3,6-7,10-11,14H,2,4-5,8-9,12-13H2,1H3,(H,17,19). The van der Waals surface area contributed by atoms with Crippen molar-refractivity contribution in [3.63, 3.8) is 0 Å². The van der Waals surface area contributed by atoms with Gasteiger partial charge in [-0.05, 0) is 25.0 Å². The van der Waals surface area contributed by atoms with Crippen molar-refractivity contribution in [2.24, 2.45) is 0 Å². The fourth-order valence-electron chi connectivity index (χ4n) is 2.45. The minimum atomic E-state index is 0.00793. The molecule has 0 spiro atoms. The van der Waals surface area contributed by atoms with E-state index < -0.39 is 0 Å². The second-order valence-corrected chi connectivity index (χ2v) is 5.37. The van der Waals surface area contributed by atoms with Crippen LogP contribution < -0.4 is 10.1 Å². The molecule has 0 radical (unpaired) electrons. The van der Waals surface area contributed by atoms with E-state index in [1.807, 2.05) is 37.4 Å². The van der Waals surface area contributed by atoms with Crippen LogP contribution in [0, 0.1) is 0 Å². The molecule has 0 heterocycles. The van der Waals surface area contributed by atoms with Gasteiger partial charge in [0.1, 0.15) is 12.4 Å². The second kappa shape index (κ2) is 7.78. The maximum atomic E-state index is 12.0. The van der Waals surface area contributed by atoms with Crippen molar-refractivity contribution in [1.82, 2.24) is 10.2 Å². The largest absolute Gasteiger partial charge is 0.492 e. The fraction of sp³-hybridized carbons (Fsp3) is 0.562. The van der Waals surface area contributed by atoms with Gasteiger partial charge in [0.25, 0.3) is 0 Å². The summed E-state index contributed by atoms with van der Waals surface area (Å²) in [6.07, 6.45) is 5.98. The number of nitrogens with zero attached hydrogens (tertiary/aromatic N) is 1. The molecule has 1 aromatic carbocycles. The first-order valence-electron chi connectivity index (χ1n) is 7.45. The number of hydrogen-bond acceptors (Lipinski definition) is 2. The molecule has 1 fully saturated rings. The molecule has 1 aromatic rings. The molecular weight excluding hydrogens is 252 g/mol. The predicted octanol–water partition coefficient (Wildman–Crippen LogP) is 3.04. The minimum absolute atomic E-state index is 0.00793. The topological polar surface area (TPSA) is 41.6 Å². The molecule has 0 aromatic heterocycles. The Kier molecular flexibility index (Phi) is 5.71. The van der Waals surface area contributed by atoms with E-state index in [0.717, 1.165) is 18.6 Å². The van der Waals surface area contributed by atoms with Crippen LogP contribution in [0.3, 0.4) is 0 Å². The lowest BCUT2D eigenvalue weighted by atomic mass is 9.96. The van der Waals surface area contributed by atoms with Crippen molar-refractivity contribution in [3.8, 4) is 5.75 Å². The number of rotatable bonds is 5. The molecule has 0 atom stereocenters. The van der Waals surface area contributed by atoms with Gasteiger partial charge in [0.05, 0.1) is 6.54 Å². The van der Waals surface area contributed by atoms with Gasteiger partial charge >= 0.3 is 6.03 Å². The molecule has 0 unspecified atom stereocenters. The lowest BCUT2D eigenvalue weighted by molar-refractivity contribution is 0.188. The Morgan fingerprint density at radius 2 is 1.95 bits per heavy atom. The lowest BCUT2D eigenvalue weighted by Crippen LogP contribution is -2.45. The number of carbonyl (C=O) groups excluding carboxylic acids is 1. The Morgan fingerprint density at radius 3 is 2.65 bits per heavy atom. The van der Waals surface area contributed by atoms with E-state index in [2.05, 4.69) is 5.32 Å². The monoisotopic (exact) mass is 276 g/mol. The quantitative estimate of drug-likeness (QED) is 0.898. The van der Waals surface area contributed by atoms with Crippen LogP contribution in [-0.4, -0.2) is 37.2 Å². The SMILES string of the molecule is CN(CCOc1ccccc1)C(=O)NC1CCCCC1. The van der Waals surface area contributed by atoms with Crippen LogP contribution in [0.25, 0.3) is 0 Å². The Morgan fingerprint density at radius 1 is 1.25 bits per heavy atom. The second-order valence-electron chi connectivity index (χ2n) is 5.37. The van der Waals surface area contributed by atoms with Crippen molar-refractivity contribution in [2.75, 3.05) is 20.2 Å². The van der Waals surface area contributed by atoms with Crippen LogP contribution >= 0.6 is 0 Å². The number of hydrogen-bond donors (Lipinski definition) is 1. The van der Waals surface area contributed by atoms with E-state index in [4.69, 9.17) is 4.74 Å². The maximum Gasteiger partial charge on any atom is 0.317 e. The third-order valence-electron chi connectivity index (χ3n) is 3.72. The molecule has 20 heavy (non-hydrogen) atoms. The Bertz CT molecular complexity index is 402. The van der Waals surface area contributed by atoms with Crippen LogP contribution in [0.2, 0.25) is 0 Å². The average Bonchev–Trinajstić information content (AvgIpc) is 2.49. The zero-order valence-electron chi connectivity index (χ0n) is 12.2. The predicted molar refractivity (Wildman–Crippen MR) is 80.0 cm³/mol. The molecule has 2 rings (SSSR count). The minimum Gasteiger partial charge on any atom is -0.492 e. The maximum absolute atomic E-state index is 12.0. The van der Waals surface area contributed by atoms with Gasteiger partial charge in [0.2, 0.25) is 0 Å². The van der Waals surface area contributed by atoms with E-state index in [0.29, 0.717) is 19.2 Å². The van der Waals surface area contributed by atoms with Crippen molar-refractivity contribution >= 4 is 6.03 Å². The highest BCUT2D eigenvalue weighted by atomic mass is 16.5. The fourth-order valence-corrected chi connectivity index (χ4v) is 2.45. The highest BCUT2D eigenvalue weighted by molar-refractivity contribution is 5.74. The molecule has 1 aliphatic carbocycles. The lowest BCUT2D eigenvalue weighted by Gasteiger charge is -2.26. The molecule has 0 aliphatic heterocycles. The Balaban J connectivity index is 1.65. The van der Waals surface area contributed by atoms with E-state index >= 15 is 0 Å². The van der Waals surface area contributed by atoms with Gasteiger partial charge in [-0.2, -0.15) is 0 Å². The average molecular weight is 276 g/mol. The third-order valence-corrected chi connectivity index (χ3v) is 3.72. The summed E-state index contributed by atoms with van der Waals surface area (Å²) in [6.45, 7) is 1.10. The normalized spacial score (nSPS) is 15.7. The van der Waals surface area contributed by atoms with Crippen LogP contribution in [0.4, 0.5) is 4.79 Å². The van der Waals surface area contributed by atoms with Crippen molar-refractivity contribution < 1.29 is 9.53 Å². The summed E-state index contributed by atoms with van der Waals surface area (Å²) in [5, 5.41) is 3.10. The first kappa shape index (κ1) is 14.7. The van der Waals surface area contributed by atoms with Gasteiger partial charge in [-0.3, -0.25) is 0 Å². The molecule has 2 amide bonds. The zero-order chi connectivity index (χ0) is 14.2. The van der Waals surface area contributed by atoms with E-state index in [1.54, 1.807) is 4.90 Å². The summed E-state index contributed by atoms with van der Waals surface area (Å²) >= 11 is 0. The van der Waals surface area contributed by atoms with Crippen molar-refractivity contribution in [1.29, 1.82) is 0 Å². The summed E-state index contributed by atoms with van der Waals surface area (Å²) < 4.78 is 5.60. The van der Waals surface area contributed by atoms with Gasteiger partial charge in [0, 0.05) is 13.1 Å². The van der Waals surface area contributed by atoms with Gasteiger partial charge in [0.15, 0.2) is 0 Å². The number of likely N-dealkylation sites (N-methyl/N-ethyl adjacent to an activating group) is 1. The molecule has 0 bridgehead atoms. The number of carbonyl (C=O) groups is 1. The van der Waals surface area contributed by atoms with Crippen LogP contribution in [0.5, 0.6) is 5.75 Å². The smallest absolute Gasteiger partial charge is 0.317 e. The number of para-hydroxylation sites is 1. The summed E-state index contributed by atoms with van der Waals surface area (Å²) in [5.41, 5.74) is 0. The number of nitrogens with one attached hydrogen (secondary N) is 1. The summed E-state index contributed by atoms with van der Waals surface area (Å²) in [7, 11) is 1.81. The number of amides is 2. The third kappa shape index (κ3) is 4.76. The molecule has 110 valence electrons. The van der Waals surface area contributed by atoms with Crippen LogP contribution in [0.1, 0.15) is 32.1 Å². The number of benzene rings is 1. The van der Waals surface area contributed by atoms with Gasteiger partial charge in [-0.25, -0.2) is 4.79 Å². The summed E-state index contributed by atoms with van der Waals surface area (Å²) in [5.74, 6) is 0.841. The summed E-state index contributed by atoms with van der Waals surface area (Å²) in [4.78, 5) is 13.7. The molecule has 4 heteroatoms. The molecular formula is C16H24N2O2. The van der Waals surface area contributed by atoms with Crippen LogP contribution in [0.15, 0.2) is 30.3 Å². The van der Waals surface area contributed by atoms with E-state index in [1.165, 1.54) is 19.3 Å². The van der Waals surface area contributed by atoms with Gasteiger partial charge in [-0.15, -0.1) is 0 Å². The molecule has 1 saturated carbocycles.